The summed E-state index contributed by atoms with van der Waals surface area (Å²) < 4.78 is 45.2. The van der Waals surface area contributed by atoms with Gasteiger partial charge in [0.1, 0.15) is 18.4 Å². The number of piperidine rings is 1. The van der Waals surface area contributed by atoms with Crippen LogP contribution in [0.5, 0.6) is 5.75 Å². The van der Waals surface area contributed by atoms with Crippen LogP contribution in [0.2, 0.25) is 0 Å². The molecule has 8 nitrogen and oxygen atoms in total. The van der Waals surface area contributed by atoms with E-state index in [1.165, 1.54) is 11.0 Å². The minimum absolute atomic E-state index is 0.0205. The average Bonchev–Trinajstić information content (AvgIpc) is 3.16. The summed E-state index contributed by atoms with van der Waals surface area (Å²) in [7, 11) is 0. The number of ether oxygens (including phenoxy) is 2. The summed E-state index contributed by atoms with van der Waals surface area (Å²) in [6, 6.07) is 6.67. The van der Waals surface area contributed by atoms with Crippen molar-refractivity contribution in [3.63, 3.8) is 0 Å². The van der Waals surface area contributed by atoms with Crippen LogP contribution in [-0.4, -0.2) is 59.9 Å². The minimum atomic E-state index is -2.52. The molecule has 3 amide bonds. The Kier molecular flexibility index (Phi) is 4.88. The molecular formula is C25H27N3O5. The van der Waals surface area contributed by atoms with E-state index in [9.17, 15) is 14.4 Å². The van der Waals surface area contributed by atoms with E-state index < -0.39 is 24.4 Å². The van der Waals surface area contributed by atoms with Crippen LogP contribution in [0.4, 0.5) is 0 Å². The van der Waals surface area contributed by atoms with Crippen LogP contribution in [0.15, 0.2) is 42.4 Å². The van der Waals surface area contributed by atoms with Crippen LogP contribution >= 0.6 is 0 Å². The smallest absolute Gasteiger partial charge is 0.255 e. The molecule has 2 aromatic rings. The molecular weight excluding hydrogens is 422 g/mol. The summed E-state index contributed by atoms with van der Waals surface area (Å²) in [4.78, 5) is 40.4. The SMILES string of the molecule is [2H]c1cc(CN2CCOCC2)cc([2H])c1C([2H])([2H])Oc1cccc2c1CN(C1CCC(=O)NC1=O)C2=O. The predicted molar refractivity (Wildman–Crippen MR) is 119 cm³/mol. The number of morpholine rings is 1. The molecule has 172 valence electrons. The molecule has 3 heterocycles. The number of rotatable bonds is 6. The van der Waals surface area contributed by atoms with Crippen LogP contribution in [0.1, 0.15) is 45.4 Å². The van der Waals surface area contributed by atoms with Crippen LogP contribution in [0, 0.1) is 0 Å². The summed E-state index contributed by atoms with van der Waals surface area (Å²) in [5.41, 5.74) is 1.24. The Labute approximate surface area is 198 Å². The van der Waals surface area contributed by atoms with Gasteiger partial charge in [0.15, 0.2) is 0 Å². The first-order valence-corrected chi connectivity index (χ1v) is 11.0. The molecule has 5 rings (SSSR count). The van der Waals surface area contributed by atoms with Crippen molar-refractivity contribution in [2.75, 3.05) is 26.3 Å². The van der Waals surface area contributed by atoms with Crippen LogP contribution < -0.4 is 10.1 Å². The van der Waals surface area contributed by atoms with Crippen LogP contribution in [0.3, 0.4) is 0 Å². The van der Waals surface area contributed by atoms with Gasteiger partial charge in [0, 0.05) is 37.2 Å². The fourth-order valence-corrected chi connectivity index (χ4v) is 4.34. The number of hydrogen-bond donors (Lipinski definition) is 1. The fourth-order valence-electron chi connectivity index (χ4n) is 4.34. The van der Waals surface area contributed by atoms with Gasteiger partial charge in [-0.25, -0.2) is 0 Å². The third kappa shape index (κ3) is 4.62. The largest absolute Gasteiger partial charge is 0.489 e. The zero-order valence-corrected chi connectivity index (χ0v) is 18.1. The molecule has 0 radical (unpaired) electrons. The average molecular weight is 454 g/mol. The van der Waals surface area contributed by atoms with Gasteiger partial charge in [-0.1, -0.05) is 30.3 Å². The second kappa shape index (κ2) is 9.33. The summed E-state index contributed by atoms with van der Waals surface area (Å²) >= 11 is 0. The van der Waals surface area contributed by atoms with E-state index >= 15 is 0 Å². The van der Waals surface area contributed by atoms with Crippen molar-refractivity contribution < 1.29 is 29.3 Å². The molecule has 0 aliphatic carbocycles. The highest BCUT2D eigenvalue weighted by Crippen LogP contribution is 2.34. The number of nitrogens with zero attached hydrogens (tertiary/aromatic N) is 2. The van der Waals surface area contributed by atoms with Crippen molar-refractivity contribution in [2.24, 2.45) is 0 Å². The first kappa shape index (κ1) is 17.3. The van der Waals surface area contributed by atoms with E-state index in [2.05, 4.69) is 10.2 Å². The molecule has 1 N–H and O–H groups in total. The molecule has 0 saturated carbocycles. The first-order chi connectivity index (χ1) is 17.6. The number of benzene rings is 2. The quantitative estimate of drug-likeness (QED) is 0.672. The molecule has 0 bridgehead atoms. The molecule has 2 saturated heterocycles. The number of imide groups is 1. The Hall–Kier alpha value is -3.23. The molecule has 8 heteroatoms. The lowest BCUT2D eigenvalue weighted by Gasteiger charge is -2.29. The van der Waals surface area contributed by atoms with E-state index in [-0.39, 0.29) is 54.3 Å². The number of fused-ring (bicyclic) bond motifs is 1. The Balaban J connectivity index is 1.37. The van der Waals surface area contributed by atoms with Crippen molar-refractivity contribution in [1.82, 2.24) is 15.1 Å². The van der Waals surface area contributed by atoms with Crippen molar-refractivity contribution in [2.45, 2.75) is 38.5 Å². The molecule has 3 aliphatic heterocycles. The Morgan fingerprint density at radius 1 is 1.12 bits per heavy atom. The molecule has 0 aromatic heterocycles. The first-order valence-electron chi connectivity index (χ1n) is 13.0. The van der Waals surface area contributed by atoms with Gasteiger partial charge in [0.05, 0.1) is 25.2 Å². The van der Waals surface area contributed by atoms with Gasteiger partial charge in [-0.15, -0.1) is 0 Å². The van der Waals surface area contributed by atoms with Gasteiger partial charge in [0.25, 0.3) is 5.91 Å². The van der Waals surface area contributed by atoms with Crippen molar-refractivity contribution in [3.8, 4) is 5.75 Å². The van der Waals surface area contributed by atoms with Crippen molar-refractivity contribution in [3.05, 3.63) is 64.7 Å². The van der Waals surface area contributed by atoms with E-state index in [1.807, 2.05) is 0 Å². The van der Waals surface area contributed by atoms with Gasteiger partial charge >= 0.3 is 0 Å². The minimum Gasteiger partial charge on any atom is -0.489 e. The zero-order valence-electron chi connectivity index (χ0n) is 22.1. The standard InChI is InChI=1S/C25H27N3O5/c29-23-9-8-21(24(30)26-23)28-15-20-19(25(28)31)2-1-3-22(20)33-16-18-6-4-17(5-7-18)14-27-10-12-32-13-11-27/h1-7,21H,8-16H2,(H,26,29,30)/i6D,7D,16D2. The number of amides is 3. The van der Waals surface area contributed by atoms with Gasteiger partial charge < -0.3 is 14.4 Å². The predicted octanol–water partition coefficient (Wildman–Crippen LogP) is 1.86. The topological polar surface area (TPSA) is 88.2 Å². The van der Waals surface area contributed by atoms with Gasteiger partial charge in [0.2, 0.25) is 11.8 Å². The molecule has 2 fully saturated rings. The second-order valence-electron chi connectivity index (χ2n) is 8.30. The lowest BCUT2D eigenvalue weighted by atomic mass is 10.0. The second-order valence-corrected chi connectivity index (χ2v) is 8.30. The normalized spacial score (nSPS) is 23.3. The van der Waals surface area contributed by atoms with Crippen molar-refractivity contribution in [1.29, 1.82) is 0 Å². The van der Waals surface area contributed by atoms with Gasteiger partial charge in [-0.3, -0.25) is 24.6 Å². The molecule has 1 unspecified atom stereocenters. The summed E-state index contributed by atoms with van der Waals surface area (Å²) in [6.07, 6.45) is 0.338. The molecule has 3 aliphatic rings. The highest BCUT2D eigenvalue weighted by atomic mass is 16.5. The highest BCUT2D eigenvalue weighted by molar-refractivity contribution is 6.05. The third-order valence-corrected chi connectivity index (χ3v) is 6.12. The van der Waals surface area contributed by atoms with E-state index in [0.29, 0.717) is 25.3 Å². The molecule has 2 aromatic carbocycles. The fraction of sp³-hybridized carbons (Fsp3) is 0.400. The Bertz CT molecular complexity index is 1240. The van der Waals surface area contributed by atoms with E-state index in [1.54, 1.807) is 24.3 Å². The lowest BCUT2D eigenvalue weighted by molar-refractivity contribution is -0.136. The number of hydrogen-bond acceptors (Lipinski definition) is 6. The monoisotopic (exact) mass is 453 g/mol. The maximum atomic E-state index is 13.1. The maximum Gasteiger partial charge on any atom is 0.255 e. The zero-order chi connectivity index (χ0) is 26.3. The summed E-state index contributed by atoms with van der Waals surface area (Å²) in [6.45, 7) is 0.788. The van der Waals surface area contributed by atoms with Crippen LogP contribution in [-0.2, 0) is 34.0 Å². The molecule has 33 heavy (non-hydrogen) atoms. The third-order valence-electron chi connectivity index (χ3n) is 6.12. The van der Waals surface area contributed by atoms with Crippen LogP contribution in [0.25, 0.3) is 0 Å². The summed E-state index contributed by atoms with van der Waals surface area (Å²) in [5, 5.41) is 2.26. The Morgan fingerprint density at radius 2 is 1.91 bits per heavy atom. The van der Waals surface area contributed by atoms with Crippen molar-refractivity contribution >= 4 is 17.7 Å². The van der Waals surface area contributed by atoms with Gasteiger partial charge in [-0.2, -0.15) is 0 Å². The number of carbonyl (C=O) groups excluding carboxylic acids is 3. The number of carbonyl (C=O) groups is 3. The lowest BCUT2D eigenvalue weighted by Crippen LogP contribution is -2.52. The molecule has 1 atom stereocenters. The highest BCUT2D eigenvalue weighted by Gasteiger charge is 2.40. The Morgan fingerprint density at radius 3 is 2.67 bits per heavy atom. The molecule has 0 spiro atoms. The van der Waals surface area contributed by atoms with Gasteiger partial charge in [-0.05, 0) is 29.7 Å². The summed E-state index contributed by atoms with van der Waals surface area (Å²) in [5.74, 6) is -1.21. The van der Waals surface area contributed by atoms with E-state index in [0.717, 1.165) is 18.7 Å². The van der Waals surface area contributed by atoms with E-state index in [4.69, 9.17) is 15.0 Å². The maximum absolute atomic E-state index is 13.1. The number of nitrogens with one attached hydrogen (secondary N) is 1.